The summed E-state index contributed by atoms with van der Waals surface area (Å²) >= 11 is 1.43. The van der Waals surface area contributed by atoms with Gasteiger partial charge in [-0.05, 0) is 25.3 Å². The molecule has 0 aliphatic carbocycles. The summed E-state index contributed by atoms with van der Waals surface area (Å²) in [6.07, 6.45) is 2.02. The topological polar surface area (TPSA) is 82.2 Å². The molecule has 8 nitrogen and oxygen atoms in total. The Hall–Kier alpha value is -1.97. The fourth-order valence-electron chi connectivity index (χ4n) is 4.27. The Balaban J connectivity index is 1.40. The Morgan fingerprint density at radius 1 is 1.21 bits per heavy atom. The lowest BCUT2D eigenvalue weighted by Gasteiger charge is -2.33. The van der Waals surface area contributed by atoms with E-state index < -0.39 is 0 Å². The second kappa shape index (κ2) is 8.41. The van der Waals surface area contributed by atoms with Crippen LogP contribution in [0.3, 0.4) is 0 Å². The summed E-state index contributed by atoms with van der Waals surface area (Å²) in [7, 11) is 1.65. The highest BCUT2D eigenvalue weighted by atomic mass is 32.1. The zero-order valence-corrected chi connectivity index (χ0v) is 17.8. The maximum atomic E-state index is 12.8. The van der Waals surface area contributed by atoms with Crippen molar-refractivity contribution in [2.45, 2.75) is 38.8 Å². The van der Waals surface area contributed by atoms with Crippen LogP contribution in [0.1, 0.15) is 40.6 Å². The van der Waals surface area contributed by atoms with Gasteiger partial charge < -0.3 is 19.9 Å². The van der Waals surface area contributed by atoms with Gasteiger partial charge in [-0.2, -0.15) is 0 Å². The van der Waals surface area contributed by atoms with Gasteiger partial charge in [-0.25, -0.2) is 0 Å². The molecule has 0 saturated carbocycles. The standard InChI is InChI=1S/C20H28N4O4S/c1-13(23-7-9-28-10-8-23)3-4-17(26)24-6-5-14-15(11-24)29-19-18(14)20(27)22(2)12-16(25)21-19/h13H,3-12H2,1-2H3,(H,21,25). The molecule has 1 atom stereocenters. The SMILES string of the molecule is CC(CCC(=O)N1CCc2c(sc3c2C(=O)N(C)CC(=O)N3)C1)N1CCOCC1. The van der Waals surface area contributed by atoms with Gasteiger partial charge in [0.15, 0.2) is 0 Å². The van der Waals surface area contributed by atoms with Gasteiger partial charge in [0.1, 0.15) is 5.00 Å². The highest BCUT2D eigenvalue weighted by Gasteiger charge is 2.33. The lowest BCUT2D eigenvalue weighted by molar-refractivity contribution is -0.132. The average Bonchev–Trinajstić information content (AvgIpc) is 3.03. The molecular weight excluding hydrogens is 392 g/mol. The lowest BCUT2D eigenvalue weighted by atomic mass is 10.0. The minimum atomic E-state index is -0.178. The second-order valence-electron chi connectivity index (χ2n) is 8.02. The Kier molecular flexibility index (Phi) is 5.89. The van der Waals surface area contributed by atoms with Gasteiger partial charge in [-0.1, -0.05) is 0 Å². The Bertz CT molecular complexity index is 818. The van der Waals surface area contributed by atoms with Crippen molar-refractivity contribution >= 4 is 34.1 Å². The summed E-state index contributed by atoms with van der Waals surface area (Å²) in [4.78, 5) is 44.2. The highest BCUT2D eigenvalue weighted by molar-refractivity contribution is 7.17. The third-order valence-electron chi connectivity index (χ3n) is 6.05. The number of fused-ring (bicyclic) bond motifs is 3. The first-order valence-electron chi connectivity index (χ1n) is 10.2. The van der Waals surface area contributed by atoms with E-state index in [0.29, 0.717) is 42.5 Å². The van der Waals surface area contributed by atoms with Crippen LogP contribution < -0.4 is 5.32 Å². The molecule has 0 spiro atoms. The normalized spacial score (nSPS) is 21.3. The molecule has 158 valence electrons. The van der Waals surface area contributed by atoms with Crippen molar-refractivity contribution in [2.75, 3.05) is 51.8 Å². The summed E-state index contributed by atoms with van der Waals surface area (Å²) in [5.41, 5.74) is 1.61. The van der Waals surface area contributed by atoms with E-state index in [4.69, 9.17) is 4.74 Å². The van der Waals surface area contributed by atoms with Gasteiger partial charge in [0.25, 0.3) is 5.91 Å². The van der Waals surface area contributed by atoms with Crippen LogP contribution in [0.15, 0.2) is 0 Å². The van der Waals surface area contributed by atoms with Crippen LogP contribution in [0.25, 0.3) is 0 Å². The van der Waals surface area contributed by atoms with Gasteiger partial charge >= 0.3 is 0 Å². The molecule has 9 heteroatoms. The number of likely N-dealkylation sites (N-methyl/N-ethyl adjacent to an activating group) is 1. The van der Waals surface area contributed by atoms with Crippen molar-refractivity contribution < 1.29 is 19.1 Å². The molecule has 1 unspecified atom stereocenters. The number of rotatable bonds is 4. The van der Waals surface area contributed by atoms with E-state index in [1.807, 2.05) is 4.90 Å². The van der Waals surface area contributed by atoms with Gasteiger partial charge in [-0.15, -0.1) is 11.3 Å². The second-order valence-corrected chi connectivity index (χ2v) is 9.12. The predicted molar refractivity (Wildman–Crippen MR) is 110 cm³/mol. The molecule has 1 aromatic heterocycles. The van der Waals surface area contributed by atoms with Crippen LogP contribution in [-0.4, -0.2) is 84.9 Å². The van der Waals surface area contributed by atoms with E-state index in [0.717, 1.165) is 43.2 Å². The van der Waals surface area contributed by atoms with E-state index >= 15 is 0 Å². The number of ether oxygens (including phenoxy) is 1. The molecule has 4 rings (SSSR count). The third kappa shape index (κ3) is 4.17. The van der Waals surface area contributed by atoms with Crippen molar-refractivity contribution in [1.29, 1.82) is 0 Å². The fraction of sp³-hybridized carbons (Fsp3) is 0.650. The number of carbonyl (C=O) groups excluding carboxylic acids is 3. The smallest absolute Gasteiger partial charge is 0.257 e. The van der Waals surface area contributed by atoms with Crippen LogP contribution in [0.4, 0.5) is 5.00 Å². The van der Waals surface area contributed by atoms with Crippen LogP contribution in [0, 0.1) is 0 Å². The van der Waals surface area contributed by atoms with Crippen molar-refractivity contribution in [2.24, 2.45) is 0 Å². The number of amides is 3. The lowest BCUT2D eigenvalue weighted by Crippen LogP contribution is -2.43. The van der Waals surface area contributed by atoms with Crippen molar-refractivity contribution in [3.63, 3.8) is 0 Å². The molecular formula is C20H28N4O4S. The first-order chi connectivity index (χ1) is 13.9. The molecule has 1 N–H and O–H groups in total. The summed E-state index contributed by atoms with van der Waals surface area (Å²) in [6.45, 7) is 6.77. The maximum absolute atomic E-state index is 12.8. The molecule has 3 aliphatic rings. The molecule has 3 aliphatic heterocycles. The van der Waals surface area contributed by atoms with E-state index in [-0.39, 0.29) is 24.3 Å². The molecule has 0 aromatic carbocycles. The quantitative estimate of drug-likeness (QED) is 0.791. The number of anilines is 1. The molecule has 4 heterocycles. The van der Waals surface area contributed by atoms with Crippen LogP contribution >= 0.6 is 11.3 Å². The number of hydrogen-bond donors (Lipinski definition) is 1. The number of morpholine rings is 1. The molecule has 1 fully saturated rings. The minimum absolute atomic E-state index is 0.0704. The molecule has 29 heavy (non-hydrogen) atoms. The molecule has 0 bridgehead atoms. The zero-order chi connectivity index (χ0) is 20.5. The summed E-state index contributed by atoms with van der Waals surface area (Å²) in [5, 5.41) is 3.49. The molecule has 3 amide bonds. The van der Waals surface area contributed by atoms with E-state index in [1.54, 1.807) is 7.05 Å². The third-order valence-corrected chi connectivity index (χ3v) is 7.18. The first-order valence-corrected chi connectivity index (χ1v) is 11.0. The van der Waals surface area contributed by atoms with Gasteiger partial charge in [-0.3, -0.25) is 19.3 Å². The molecule has 1 aromatic rings. The number of nitrogens with one attached hydrogen (secondary N) is 1. The van der Waals surface area contributed by atoms with Crippen molar-refractivity contribution in [3.05, 3.63) is 16.0 Å². The minimum Gasteiger partial charge on any atom is -0.379 e. The number of hydrogen-bond acceptors (Lipinski definition) is 6. The summed E-state index contributed by atoms with van der Waals surface area (Å²) in [6, 6.07) is 0.365. The summed E-state index contributed by atoms with van der Waals surface area (Å²) < 4.78 is 5.40. The molecule has 1 saturated heterocycles. The van der Waals surface area contributed by atoms with Gasteiger partial charge in [0.2, 0.25) is 11.8 Å². The van der Waals surface area contributed by atoms with Gasteiger partial charge in [0.05, 0.1) is 31.9 Å². The average molecular weight is 421 g/mol. The van der Waals surface area contributed by atoms with Crippen LogP contribution in [-0.2, 0) is 27.3 Å². The zero-order valence-electron chi connectivity index (χ0n) is 17.0. The van der Waals surface area contributed by atoms with Crippen molar-refractivity contribution in [3.8, 4) is 0 Å². The number of carbonyl (C=O) groups is 3. The number of thiophene rings is 1. The van der Waals surface area contributed by atoms with E-state index in [1.165, 1.54) is 16.2 Å². The fourth-order valence-corrected chi connectivity index (χ4v) is 5.54. The van der Waals surface area contributed by atoms with Crippen molar-refractivity contribution in [1.82, 2.24) is 14.7 Å². The Morgan fingerprint density at radius 3 is 2.72 bits per heavy atom. The van der Waals surface area contributed by atoms with E-state index in [9.17, 15) is 14.4 Å². The predicted octanol–water partition coefficient (Wildman–Crippen LogP) is 1.16. The van der Waals surface area contributed by atoms with E-state index in [2.05, 4.69) is 17.1 Å². The maximum Gasteiger partial charge on any atom is 0.257 e. The Labute approximate surface area is 174 Å². The van der Waals surface area contributed by atoms with Crippen LogP contribution in [0.2, 0.25) is 0 Å². The first kappa shape index (κ1) is 20.3. The molecule has 0 radical (unpaired) electrons. The largest absolute Gasteiger partial charge is 0.379 e. The monoisotopic (exact) mass is 420 g/mol. The number of nitrogens with zero attached hydrogens (tertiary/aromatic N) is 3. The van der Waals surface area contributed by atoms with Crippen LogP contribution in [0.5, 0.6) is 0 Å². The summed E-state index contributed by atoms with van der Waals surface area (Å²) in [5.74, 6) is -0.134. The highest BCUT2D eigenvalue weighted by Crippen LogP contribution is 2.38. The Morgan fingerprint density at radius 2 is 1.97 bits per heavy atom. The van der Waals surface area contributed by atoms with Gasteiger partial charge in [0, 0.05) is 44.0 Å².